The van der Waals surface area contributed by atoms with Gasteiger partial charge in [-0.15, -0.1) is 11.3 Å². The van der Waals surface area contributed by atoms with Crippen LogP contribution in [0.4, 0.5) is 5.13 Å². The maximum atomic E-state index is 12.1. The van der Waals surface area contributed by atoms with Crippen molar-refractivity contribution in [1.82, 2.24) is 10.5 Å². The number of hydrogen-bond donors (Lipinski definition) is 2. The molecule has 1 aromatic heterocycles. The zero-order valence-electron chi connectivity index (χ0n) is 13.8. The molecule has 2 amide bonds. The van der Waals surface area contributed by atoms with E-state index in [2.05, 4.69) is 15.8 Å². The Balaban J connectivity index is 1.45. The topological polar surface area (TPSA) is 80.3 Å². The van der Waals surface area contributed by atoms with Gasteiger partial charge in [0.05, 0.1) is 18.7 Å². The van der Waals surface area contributed by atoms with Crippen LogP contribution in [-0.4, -0.2) is 16.8 Å². The second kappa shape index (κ2) is 8.89. The average molecular weight is 367 g/mol. The lowest BCUT2D eigenvalue weighted by molar-refractivity contribution is -0.133. The quantitative estimate of drug-likeness (QED) is 0.629. The summed E-state index contributed by atoms with van der Waals surface area (Å²) in [5, 5.41) is 4.91. The first-order valence-electron chi connectivity index (χ1n) is 7.96. The Kier molecular flexibility index (Phi) is 6.08. The highest BCUT2D eigenvalue weighted by atomic mass is 32.1. The third-order valence-electron chi connectivity index (χ3n) is 3.42. The van der Waals surface area contributed by atoms with Crippen LogP contribution < -0.4 is 10.8 Å². The normalized spacial score (nSPS) is 10.3. The first-order valence-corrected chi connectivity index (χ1v) is 8.84. The zero-order chi connectivity index (χ0) is 18.2. The van der Waals surface area contributed by atoms with Crippen LogP contribution in [0.25, 0.3) is 0 Å². The molecule has 7 heteroatoms. The van der Waals surface area contributed by atoms with Crippen molar-refractivity contribution in [2.45, 2.75) is 13.0 Å². The van der Waals surface area contributed by atoms with Crippen LogP contribution in [0.2, 0.25) is 0 Å². The summed E-state index contributed by atoms with van der Waals surface area (Å²) in [6.45, 7) is 0.294. The van der Waals surface area contributed by atoms with E-state index in [9.17, 15) is 9.59 Å². The van der Waals surface area contributed by atoms with E-state index in [4.69, 9.17) is 4.84 Å². The molecule has 0 unspecified atom stereocenters. The molecule has 0 aliphatic heterocycles. The van der Waals surface area contributed by atoms with Crippen molar-refractivity contribution >= 4 is 28.3 Å². The van der Waals surface area contributed by atoms with Crippen LogP contribution in [-0.2, 0) is 22.7 Å². The molecule has 3 aromatic rings. The number of hydroxylamine groups is 1. The van der Waals surface area contributed by atoms with Crippen LogP contribution in [0, 0.1) is 0 Å². The number of nitrogens with zero attached hydrogens (tertiary/aromatic N) is 1. The molecule has 0 saturated heterocycles. The summed E-state index contributed by atoms with van der Waals surface area (Å²) >= 11 is 1.27. The lowest BCUT2D eigenvalue weighted by Crippen LogP contribution is -2.25. The van der Waals surface area contributed by atoms with Crippen LogP contribution in [0.1, 0.15) is 21.6 Å². The largest absolute Gasteiger partial charge is 0.298 e. The van der Waals surface area contributed by atoms with E-state index in [1.807, 2.05) is 36.4 Å². The molecule has 0 atom stereocenters. The standard InChI is InChI=1S/C19H17N3O3S/c23-17(22-25-12-14-7-3-1-4-8-14)11-16-13-26-19(20-16)21-18(24)15-9-5-2-6-10-15/h1-10,13H,11-12H2,(H,22,23)(H,20,21,24). The minimum Gasteiger partial charge on any atom is -0.298 e. The molecule has 0 aliphatic carbocycles. The van der Waals surface area contributed by atoms with Crippen LogP contribution in [0.3, 0.4) is 0 Å². The van der Waals surface area contributed by atoms with Gasteiger partial charge in [0.25, 0.3) is 5.91 Å². The maximum absolute atomic E-state index is 12.1. The van der Waals surface area contributed by atoms with Gasteiger partial charge in [0, 0.05) is 10.9 Å². The van der Waals surface area contributed by atoms with E-state index in [0.29, 0.717) is 23.0 Å². The molecule has 0 radical (unpaired) electrons. The number of rotatable bonds is 7. The van der Waals surface area contributed by atoms with Crippen molar-refractivity contribution in [3.8, 4) is 0 Å². The summed E-state index contributed by atoms with van der Waals surface area (Å²) in [5.41, 5.74) is 4.48. The number of anilines is 1. The highest BCUT2D eigenvalue weighted by Crippen LogP contribution is 2.17. The van der Waals surface area contributed by atoms with Gasteiger partial charge in [-0.25, -0.2) is 10.5 Å². The Bertz CT molecular complexity index is 866. The van der Waals surface area contributed by atoms with Gasteiger partial charge in [0.15, 0.2) is 5.13 Å². The fourth-order valence-electron chi connectivity index (χ4n) is 2.18. The third-order valence-corrected chi connectivity index (χ3v) is 4.22. The van der Waals surface area contributed by atoms with Crippen LogP contribution in [0.15, 0.2) is 66.0 Å². The number of amides is 2. The summed E-state index contributed by atoms with van der Waals surface area (Å²) in [7, 11) is 0. The minimum absolute atomic E-state index is 0.0759. The fourth-order valence-corrected chi connectivity index (χ4v) is 2.88. The number of aromatic nitrogens is 1. The molecule has 3 rings (SSSR count). The zero-order valence-corrected chi connectivity index (χ0v) is 14.7. The molecule has 2 aromatic carbocycles. The number of benzene rings is 2. The van der Waals surface area contributed by atoms with E-state index >= 15 is 0 Å². The van der Waals surface area contributed by atoms with Crippen molar-refractivity contribution in [2.75, 3.05) is 5.32 Å². The van der Waals surface area contributed by atoms with Crippen molar-refractivity contribution in [1.29, 1.82) is 0 Å². The molecule has 0 aliphatic rings. The predicted octanol–water partition coefficient (Wildman–Crippen LogP) is 3.19. The van der Waals surface area contributed by atoms with Crippen molar-refractivity contribution in [2.24, 2.45) is 0 Å². The first kappa shape index (κ1) is 17.8. The fraction of sp³-hybridized carbons (Fsp3) is 0.105. The molecule has 0 bridgehead atoms. The first-order chi connectivity index (χ1) is 12.7. The molecular weight excluding hydrogens is 350 g/mol. The van der Waals surface area contributed by atoms with Crippen molar-refractivity contribution in [3.63, 3.8) is 0 Å². The molecule has 0 fully saturated rings. The third kappa shape index (κ3) is 5.23. The summed E-state index contributed by atoms with van der Waals surface area (Å²) in [6.07, 6.45) is 0.0759. The van der Waals surface area contributed by atoms with Crippen LogP contribution in [0.5, 0.6) is 0 Å². The molecule has 2 N–H and O–H groups in total. The number of thiazole rings is 1. The molecule has 6 nitrogen and oxygen atoms in total. The van der Waals surface area contributed by atoms with Gasteiger partial charge in [-0.3, -0.25) is 19.7 Å². The van der Waals surface area contributed by atoms with Gasteiger partial charge in [-0.05, 0) is 17.7 Å². The number of hydrogen-bond acceptors (Lipinski definition) is 5. The van der Waals surface area contributed by atoms with Gasteiger partial charge in [0.1, 0.15) is 0 Å². The molecule has 132 valence electrons. The second-order valence-corrected chi connectivity index (χ2v) is 6.30. The summed E-state index contributed by atoms with van der Waals surface area (Å²) < 4.78 is 0. The van der Waals surface area contributed by atoms with E-state index in [1.165, 1.54) is 11.3 Å². The molecule has 0 saturated carbocycles. The maximum Gasteiger partial charge on any atom is 0.257 e. The van der Waals surface area contributed by atoms with Gasteiger partial charge in [-0.1, -0.05) is 48.5 Å². The Morgan fingerprint density at radius 3 is 2.42 bits per heavy atom. The molecule has 26 heavy (non-hydrogen) atoms. The Morgan fingerprint density at radius 1 is 1.00 bits per heavy atom. The Hall–Kier alpha value is -3.03. The number of carbonyl (C=O) groups excluding carboxylic acids is 2. The lowest BCUT2D eigenvalue weighted by atomic mass is 10.2. The van der Waals surface area contributed by atoms with Crippen molar-refractivity contribution in [3.05, 3.63) is 82.9 Å². The minimum atomic E-state index is -0.299. The predicted molar refractivity (Wildman–Crippen MR) is 99.6 cm³/mol. The van der Waals surface area contributed by atoms with Crippen LogP contribution >= 0.6 is 11.3 Å². The van der Waals surface area contributed by atoms with E-state index in [-0.39, 0.29) is 18.2 Å². The average Bonchev–Trinajstić information content (AvgIpc) is 3.10. The Morgan fingerprint density at radius 2 is 1.69 bits per heavy atom. The van der Waals surface area contributed by atoms with Gasteiger partial charge < -0.3 is 0 Å². The molecule has 1 heterocycles. The highest BCUT2D eigenvalue weighted by molar-refractivity contribution is 7.14. The summed E-state index contributed by atoms with van der Waals surface area (Å²) in [5.74, 6) is -0.533. The van der Waals surface area contributed by atoms with E-state index in [1.54, 1.807) is 29.6 Å². The van der Waals surface area contributed by atoms with Crippen molar-refractivity contribution < 1.29 is 14.4 Å². The van der Waals surface area contributed by atoms with E-state index < -0.39 is 0 Å². The van der Waals surface area contributed by atoms with Gasteiger partial charge in [-0.2, -0.15) is 0 Å². The number of carbonyl (C=O) groups is 2. The Labute approximate surface area is 154 Å². The smallest absolute Gasteiger partial charge is 0.257 e. The molecular formula is C19H17N3O3S. The second-order valence-electron chi connectivity index (χ2n) is 5.44. The summed E-state index contributed by atoms with van der Waals surface area (Å²) in [4.78, 5) is 33.4. The lowest BCUT2D eigenvalue weighted by Gasteiger charge is -2.05. The SMILES string of the molecule is O=C(Cc1csc(NC(=O)c2ccccc2)n1)NOCc1ccccc1. The van der Waals surface area contributed by atoms with Gasteiger partial charge >= 0.3 is 0 Å². The van der Waals surface area contributed by atoms with E-state index in [0.717, 1.165) is 5.56 Å². The summed E-state index contributed by atoms with van der Waals surface area (Å²) in [6, 6.07) is 18.4. The van der Waals surface area contributed by atoms with Gasteiger partial charge in [0.2, 0.25) is 5.91 Å². The molecule has 0 spiro atoms. The number of nitrogens with one attached hydrogen (secondary N) is 2. The highest BCUT2D eigenvalue weighted by Gasteiger charge is 2.11. The monoisotopic (exact) mass is 367 g/mol.